The Morgan fingerprint density at radius 2 is 1.84 bits per heavy atom. The molecule has 9 nitrogen and oxygen atoms in total. The Morgan fingerprint density at radius 1 is 1.08 bits per heavy atom. The van der Waals surface area contributed by atoms with E-state index >= 15 is 0 Å². The SMILES string of the molecule is Cn1c(N2CCO[C@@H](c3ccc(OCCN4CCN(CF)CC4)cc3)C2)nc(-c2ccncc2F)cc1=O. The predicted molar refractivity (Wildman–Crippen MR) is 139 cm³/mol. The molecule has 38 heavy (non-hydrogen) atoms. The Balaban J connectivity index is 1.22. The van der Waals surface area contributed by atoms with Crippen LogP contribution in [-0.2, 0) is 11.8 Å². The Bertz CT molecular complexity index is 1280. The average Bonchev–Trinajstić information content (AvgIpc) is 2.95. The highest BCUT2D eigenvalue weighted by Gasteiger charge is 2.25. The van der Waals surface area contributed by atoms with Crippen LogP contribution in [0.15, 0.2) is 53.6 Å². The molecule has 0 aliphatic carbocycles. The first-order valence-corrected chi connectivity index (χ1v) is 12.8. The molecule has 0 bridgehead atoms. The number of hydrogen-bond acceptors (Lipinski definition) is 8. The maximum atomic E-state index is 14.3. The number of piperazine rings is 1. The van der Waals surface area contributed by atoms with Crippen LogP contribution in [0.2, 0.25) is 0 Å². The lowest BCUT2D eigenvalue weighted by Gasteiger charge is -2.34. The van der Waals surface area contributed by atoms with Crippen molar-refractivity contribution >= 4 is 5.95 Å². The zero-order valence-electron chi connectivity index (χ0n) is 21.4. The molecule has 0 saturated carbocycles. The molecule has 0 unspecified atom stereocenters. The highest BCUT2D eigenvalue weighted by Crippen LogP contribution is 2.28. The predicted octanol–water partition coefficient (Wildman–Crippen LogP) is 2.48. The number of nitrogens with zero attached hydrogens (tertiary/aromatic N) is 6. The molecule has 0 N–H and O–H groups in total. The van der Waals surface area contributed by atoms with Crippen molar-refractivity contribution in [2.45, 2.75) is 6.10 Å². The smallest absolute Gasteiger partial charge is 0.255 e. The van der Waals surface area contributed by atoms with Crippen molar-refractivity contribution in [1.29, 1.82) is 0 Å². The minimum absolute atomic E-state index is 0.220. The van der Waals surface area contributed by atoms with Crippen LogP contribution in [0.1, 0.15) is 11.7 Å². The van der Waals surface area contributed by atoms with E-state index in [0.717, 1.165) is 50.2 Å². The fourth-order valence-electron chi connectivity index (χ4n) is 4.77. The summed E-state index contributed by atoms with van der Waals surface area (Å²) in [6.45, 7) is 5.69. The molecule has 1 atom stereocenters. The molecule has 4 heterocycles. The Hall–Kier alpha value is -3.41. The number of morpholine rings is 1. The second-order valence-electron chi connectivity index (χ2n) is 9.50. The van der Waals surface area contributed by atoms with Gasteiger partial charge in [-0.25, -0.2) is 13.8 Å². The van der Waals surface area contributed by atoms with Crippen LogP contribution in [0.4, 0.5) is 14.7 Å². The fourth-order valence-corrected chi connectivity index (χ4v) is 4.77. The largest absolute Gasteiger partial charge is 0.492 e. The standard InChI is InChI=1S/C27H32F2N6O3/c1-32-26(36)16-24(22-6-7-30-17-23(22)29)31-27(32)35-13-15-38-25(18-35)20-2-4-21(5-3-20)37-14-12-33-8-10-34(19-28)11-9-33/h2-7,16-17,25H,8-15,18-19H2,1H3/t25-/m1/s1. The molecule has 5 rings (SSSR count). The highest BCUT2D eigenvalue weighted by molar-refractivity contribution is 5.60. The van der Waals surface area contributed by atoms with Gasteiger partial charge in [-0.3, -0.25) is 24.1 Å². The van der Waals surface area contributed by atoms with Crippen molar-refractivity contribution in [2.24, 2.45) is 7.05 Å². The second kappa shape index (κ2) is 12.0. The average molecular weight is 527 g/mol. The van der Waals surface area contributed by atoms with E-state index in [9.17, 15) is 13.6 Å². The van der Waals surface area contributed by atoms with Crippen LogP contribution in [0.3, 0.4) is 0 Å². The van der Waals surface area contributed by atoms with E-state index in [0.29, 0.717) is 32.3 Å². The summed E-state index contributed by atoms with van der Waals surface area (Å²) in [5, 5.41) is 0. The number of aromatic nitrogens is 3. The second-order valence-corrected chi connectivity index (χ2v) is 9.50. The van der Waals surface area contributed by atoms with E-state index in [1.54, 1.807) is 11.9 Å². The number of hydrogen-bond donors (Lipinski definition) is 0. The van der Waals surface area contributed by atoms with Crippen molar-refractivity contribution in [1.82, 2.24) is 24.3 Å². The van der Waals surface area contributed by atoms with Crippen LogP contribution in [0, 0.1) is 5.82 Å². The van der Waals surface area contributed by atoms with E-state index < -0.39 is 5.82 Å². The third kappa shape index (κ3) is 6.01. The summed E-state index contributed by atoms with van der Waals surface area (Å²) >= 11 is 0. The molecular weight excluding hydrogens is 494 g/mol. The van der Waals surface area contributed by atoms with Crippen molar-refractivity contribution < 1.29 is 18.3 Å². The number of pyridine rings is 1. The summed E-state index contributed by atoms with van der Waals surface area (Å²) in [6.07, 6.45) is 2.37. The molecule has 1 aromatic carbocycles. The molecule has 0 amide bonds. The molecule has 0 spiro atoms. The summed E-state index contributed by atoms with van der Waals surface area (Å²) in [6, 6.07) is 10.7. The van der Waals surface area contributed by atoms with Crippen LogP contribution >= 0.6 is 0 Å². The molecule has 2 aliphatic rings. The van der Waals surface area contributed by atoms with Gasteiger partial charge in [0, 0.05) is 64.1 Å². The van der Waals surface area contributed by atoms with Gasteiger partial charge in [0.25, 0.3) is 5.56 Å². The molecule has 0 radical (unpaired) electrons. The third-order valence-electron chi connectivity index (χ3n) is 7.07. The van der Waals surface area contributed by atoms with E-state index in [1.165, 1.54) is 22.9 Å². The van der Waals surface area contributed by atoms with Gasteiger partial charge < -0.3 is 14.4 Å². The lowest BCUT2D eigenvalue weighted by atomic mass is 10.1. The molecular formula is C27H32F2N6O3. The van der Waals surface area contributed by atoms with Crippen LogP contribution < -0.4 is 15.2 Å². The van der Waals surface area contributed by atoms with Crippen molar-refractivity contribution in [3.05, 3.63) is 70.5 Å². The minimum Gasteiger partial charge on any atom is -0.492 e. The van der Waals surface area contributed by atoms with E-state index in [4.69, 9.17) is 9.47 Å². The van der Waals surface area contributed by atoms with Crippen molar-refractivity contribution in [3.8, 4) is 17.0 Å². The van der Waals surface area contributed by atoms with Crippen LogP contribution in [0.25, 0.3) is 11.3 Å². The van der Waals surface area contributed by atoms with Crippen LogP contribution in [-0.4, -0.2) is 90.2 Å². The maximum absolute atomic E-state index is 14.3. The van der Waals surface area contributed by atoms with Gasteiger partial charge in [-0.05, 0) is 23.8 Å². The first-order valence-electron chi connectivity index (χ1n) is 12.8. The molecule has 11 heteroatoms. The van der Waals surface area contributed by atoms with Gasteiger partial charge in [0.2, 0.25) is 5.95 Å². The molecule has 2 aliphatic heterocycles. The number of anilines is 1. The zero-order chi connectivity index (χ0) is 26.5. The summed E-state index contributed by atoms with van der Waals surface area (Å²) < 4.78 is 40.5. The Labute approximate surface area is 220 Å². The van der Waals surface area contributed by atoms with E-state index in [1.807, 2.05) is 29.2 Å². The zero-order valence-corrected chi connectivity index (χ0v) is 21.4. The lowest BCUT2D eigenvalue weighted by molar-refractivity contribution is 0.0389. The maximum Gasteiger partial charge on any atom is 0.255 e. The number of halogens is 2. The van der Waals surface area contributed by atoms with Gasteiger partial charge in [0.05, 0.1) is 25.0 Å². The number of ether oxygens (including phenoxy) is 2. The van der Waals surface area contributed by atoms with Gasteiger partial charge in [0.1, 0.15) is 25.3 Å². The van der Waals surface area contributed by atoms with Gasteiger partial charge in [0.15, 0.2) is 5.82 Å². The van der Waals surface area contributed by atoms with E-state index in [2.05, 4.69) is 14.9 Å². The number of benzene rings is 1. The summed E-state index contributed by atoms with van der Waals surface area (Å²) in [5.74, 6) is 0.713. The van der Waals surface area contributed by atoms with Gasteiger partial charge in [-0.2, -0.15) is 0 Å². The first-order chi connectivity index (χ1) is 18.5. The number of rotatable bonds is 8. The molecule has 2 saturated heterocycles. The van der Waals surface area contributed by atoms with Gasteiger partial charge in [-0.1, -0.05) is 12.1 Å². The van der Waals surface area contributed by atoms with E-state index in [-0.39, 0.29) is 29.7 Å². The molecule has 2 fully saturated rings. The molecule has 2 aromatic heterocycles. The summed E-state index contributed by atoms with van der Waals surface area (Å²) in [4.78, 5) is 27.2. The lowest BCUT2D eigenvalue weighted by Crippen LogP contribution is -2.47. The normalized spacial score (nSPS) is 19.0. The monoisotopic (exact) mass is 526 g/mol. The highest BCUT2D eigenvalue weighted by atomic mass is 19.1. The van der Waals surface area contributed by atoms with Crippen molar-refractivity contribution in [3.63, 3.8) is 0 Å². The Kier molecular flexibility index (Phi) is 8.26. The van der Waals surface area contributed by atoms with Gasteiger partial charge >= 0.3 is 0 Å². The van der Waals surface area contributed by atoms with Crippen molar-refractivity contribution in [2.75, 3.05) is 70.7 Å². The fraction of sp³-hybridized carbons (Fsp3) is 0.444. The van der Waals surface area contributed by atoms with Crippen LogP contribution in [0.5, 0.6) is 5.75 Å². The first kappa shape index (κ1) is 26.2. The third-order valence-corrected chi connectivity index (χ3v) is 7.07. The summed E-state index contributed by atoms with van der Waals surface area (Å²) in [7, 11) is 1.66. The minimum atomic E-state index is -0.527. The van der Waals surface area contributed by atoms with Gasteiger partial charge in [-0.15, -0.1) is 0 Å². The quantitative estimate of drug-likeness (QED) is 0.415. The molecule has 3 aromatic rings. The Morgan fingerprint density at radius 3 is 2.58 bits per heavy atom. The number of alkyl halides is 1. The molecule has 202 valence electrons. The summed E-state index contributed by atoms with van der Waals surface area (Å²) in [5.41, 5.74) is 1.24. The topological polar surface area (TPSA) is 76.0 Å².